The zero-order valence-electron chi connectivity index (χ0n) is 10.5. The van der Waals surface area contributed by atoms with E-state index in [1.807, 2.05) is 0 Å². The van der Waals surface area contributed by atoms with Crippen LogP contribution >= 0.6 is 0 Å². The summed E-state index contributed by atoms with van der Waals surface area (Å²) in [6.45, 7) is 3.20. The van der Waals surface area contributed by atoms with E-state index in [4.69, 9.17) is 5.84 Å². The molecule has 0 spiro atoms. The van der Waals surface area contributed by atoms with Gasteiger partial charge in [0.2, 0.25) is 21.9 Å². The topological polar surface area (TPSA) is 139 Å². The molecular weight excluding hydrogens is 272 g/mol. The van der Waals surface area contributed by atoms with Crippen LogP contribution in [0.5, 0.6) is 0 Å². The van der Waals surface area contributed by atoms with Gasteiger partial charge in [0.1, 0.15) is 4.90 Å². The van der Waals surface area contributed by atoms with E-state index in [0.29, 0.717) is 0 Å². The van der Waals surface area contributed by atoms with E-state index < -0.39 is 15.9 Å². The summed E-state index contributed by atoms with van der Waals surface area (Å²) in [5.41, 5.74) is 2.18. The first-order valence-electron chi connectivity index (χ1n) is 5.43. The number of carbonyl (C=O) groups is 1. The maximum Gasteiger partial charge on any atom is 0.244 e. The van der Waals surface area contributed by atoms with Gasteiger partial charge in [0.15, 0.2) is 0 Å². The normalized spacial score (nSPS) is 11.4. The third kappa shape index (κ3) is 4.77. The van der Waals surface area contributed by atoms with E-state index in [1.54, 1.807) is 13.8 Å². The molecule has 5 N–H and O–H groups in total. The van der Waals surface area contributed by atoms with Crippen molar-refractivity contribution in [3.05, 3.63) is 12.4 Å². The van der Waals surface area contributed by atoms with Crippen LogP contribution in [0.25, 0.3) is 0 Å². The Morgan fingerprint density at radius 2 is 1.95 bits per heavy atom. The van der Waals surface area contributed by atoms with Gasteiger partial charge in [-0.3, -0.25) is 10.2 Å². The molecule has 1 amide bonds. The average molecular weight is 288 g/mol. The molecule has 10 heteroatoms. The molecule has 0 aromatic carbocycles. The largest absolute Gasteiger partial charge is 0.353 e. The van der Waals surface area contributed by atoms with Crippen molar-refractivity contribution in [2.75, 3.05) is 12.0 Å². The van der Waals surface area contributed by atoms with Gasteiger partial charge in [-0.2, -0.15) is 0 Å². The molecule has 1 aromatic heterocycles. The maximum absolute atomic E-state index is 11.8. The minimum absolute atomic E-state index is 0.0600. The van der Waals surface area contributed by atoms with Gasteiger partial charge < -0.3 is 5.32 Å². The van der Waals surface area contributed by atoms with E-state index in [2.05, 4.69) is 25.4 Å². The second-order valence-electron chi connectivity index (χ2n) is 3.93. The van der Waals surface area contributed by atoms with Gasteiger partial charge in [-0.05, 0) is 13.8 Å². The highest BCUT2D eigenvalue weighted by Gasteiger charge is 2.16. The highest BCUT2D eigenvalue weighted by Crippen LogP contribution is 2.06. The van der Waals surface area contributed by atoms with Crippen molar-refractivity contribution in [2.24, 2.45) is 5.84 Å². The molecule has 1 heterocycles. The van der Waals surface area contributed by atoms with E-state index in [9.17, 15) is 13.2 Å². The Kier molecular flexibility index (Phi) is 5.15. The number of hydrogen-bond acceptors (Lipinski definition) is 7. The monoisotopic (exact) mass is 288 g/mol. The van der Waals surface area contributed by atoms with Crippen LogP contribution in [0.1, 0.15) is 13.8 Å². The number of hydrogen-bond donors (Lipinski definition) is 4. The number of nitrogen functional groups attached to an aromatic ring is 1. The fourth-order valence-corrected chi connectivity index (χ4v) is 2.02. The molecule has 0 saturated heterocycles. The number of aromatic nitrogens is 2. The van der Waals surface area contributed by atoms with Crippen molar-refractivity contribution >= 4 is 21.9 Å². The second-order valence-corrected chi connectivity index (χ2v) is 5.70. The predicted molar refractivity (Wildman–Crippen MR) is 68.3 cm³/mol. The molecule has 0 aliphatic rings. The Hall–Kier alpha value is -1.78. The minimum Gasteiger partial charge on any atom is -0.353 e. The molecule has 0 aliphatic carbocycles. The van der Waals surface area contributed by atoms with E-state index in [0.717, 1.165) is 12.4 Å². The minimum atomic E-state index is -3.82. The zero-order chi connectivity index (χ0) is 14.5. The number of nitrogens with zero attached hydrogens (tertiary/aromatic N) is 2. The van der Waals surface area contributed by atoms with Crippen LogP contribution in [0.4, 0.5) is 5.95 Å². The number of sulfonamides is 1. The molecular formula is C9H16N6O3S. The number of nitrogens with two attached hydrogens (primary N) is 1. The molecule has 0 unspecified atom stereocenters. The molecule has 106 valence electrons. The summed E-state index contributed by atoms with van der Waals surface area (Å²) in [4.78, 5) is 18.5. The third-order valence-corrected chi connectivity index (χ3v) is 3.30. The summed E-state index contributed by atoms with van der Waals surface area (Å²) in [6, 6.07) is -0.0600. The van der Waals surface area contributed by atoms with E-state index >= 15 is 0 Å². The number of carbonyl (C=O) groups excluding carboxylic acids is 1. The average Bonchev–Trinajstić information content (AvgIpc) is 2.36. The maximum atomic E-state index is 11.8. The van der Waals surface area contributed by atoms with Crippen LogP contribution in [-0.2, 0) is 14.8 Å². The molecule has 1 aromatic rings. The number of rotatable bonds is 6. The lowest BCUT2D eigenvalue weighted by Crippen LogP contribution is -2.39. The summed E-state index contributed by atoms with van der Waals surface area (Å²) in [5.74, 6) is 4.74. The van der Waals surface area contributed by atoms with Crippen LogP contribution in [0.2, 0.25) is 0 Å². The number of nitrogens with one attached hydrogen (secondary N) is 3. The van der Waals surface area contributed by atoms with E-state index in [-0.39, 0.29) is 23.4 Å². The summed E-state index contributed by atoms with van der Waals surface area (Å²) >= 11 is 0. The Morgan fingerprint density at radius 1 is 1.37 bits per heavy atom. The number of amides is 1. The van der Waals surface area contributed by atoms with Crippen LogP contribution < -0.4 is 21.3 Å². The van der Waals surface area contributed by atoms with Crippen LogP contribution in [0.15, 0.2) is 17.3 Å². The second kappa shape index (κ2) is 6.41. The van der Waals surface area contributed by atoms with Crippen LogP contribution in [0, 0.1) is 0 Å². The number of hydrazine groups is 1. The van der Waals surface area contributed by atoms with E-state index in [1.165, 1.54) is 0 Å². The fourth-order valence-electron chi connectivity index (χ4n) is 1.15. The lowest BCUT2D eigenvalue weighted by atomic mass is 10.4. The fraction of sp³-hybridized carbons (Fsp3) is 0.444. The van der Waals surface area contributed by atoms with Crippen molar-refractivity contribution in [3.63, 3.8) is 0 Å². The smallest absolute Gasteiger partial charge is 0.244 e. The molecule has 0 fully saturated rings. The van der Waals surface area contributed by atoms with Gasteiger partial charge in [0.25, 0.3) is 0 Å². The van der Waals surface area contributed by atoms with Crippen molar-refractivity contribution in [1.82, 2.24) is 20.0 Å². The Balaban J connectivity index is 2.67. The van der Waals surface area contributed by atoms with Gasteiger partial charge in [-0.25, -0.2) is 29.0 Å². The highest BCUT2D eigenvalue weighted by atomic mass is 32.2. The molecule has 0 bridgehead atoms. The Labute approximate surface area is 111 Å². The lowest BCUT2D eigenvalue weighted by molar-refractivity contribution is -0.120. The van der Waals surface area contributed by atoms with Crippen LogP contribution in [-0.4, -0.2) is 36.9 Å². The lowest BCUT2D eigenvalue weighted by Gasteiger charge is -2.09. The first kappa shape index (κ1) is 15.3. The quantitative estimate of drug-likeness (QED) is 0.371. The summed E-state index contributed by atoms with van der Waals surface area (Å²) in [5, 5.41) is 2.56. The van der Waals surface area contributed by atoms with Crippen molar-refractivity contribution in [2.45, 2.75) is 24.8 Å². The van der Waals surface area contributed by atoms with Crippen molar-refractivity contribution in [3.8, 4) is 0 Å². The molecule has 0 aliphatic heterocycles. The highest BCUT2D eigenvalue weighted by molar-refractivity contribution is 7.89. The van der Waals surface area contributed by atoms with Crippen LogP contribution in [0.3, 0.4) is 0 Å². The molecule has 19 heavy (non-hydrogen) atoms. The first-order valence-corrected chi connectivity index (χ1v) is 6.91. The molecule has 0 atom stereocenters. The summed E-state index contributed by atoms with van der Waals surface area (Å²) < 4.78 is 25.7. The summed E-state index contributed by atoms with van der Waals surface area (Å²) in [6.07, 6.45) is 2.18. The number of anilines is 1. The molecule has 1 rings (SSSR count). The standard InChI is InChI=1S/C9H16N6O3S/c1-6(2)14-8(16)5-13-19(17,18)7-3-11-9(15-10)12-4-7/h3-4,6,13H,5,10H2,1-2H3,(H,14,16)(H,11,12,15). The van der Waals surface area contributed by atoms with Gasteiger partial charge in [0, 0.05) is 6.04 Å². The van der Waals surface area contributed by atoms with Gasteiger partial charge in [0.05, 0.1) is 18.9 Å². The molecule has 0 saturated carbocycles. The predicted octanol–water partition coefficient (Wildman–Crippen LogP) is -1.43. The van der Waals surface area contributed by atoms with Crippen molar-refractivity contribution in [1.29, 1.82) is 0 Å². The summed E-state index contributed by atoms with van der Waals surface area (Å²) in [7, 11) is -3.82. The van der Waals surface area contributed by atoms with Gasteiger partial charge >= 0.3 is 0 Å². The van der Waals surface area contributed by atoms with Crippen molar-refractivity contribution < 1.29 is 13.2 Å². The Bertz CT molecular complexity index is 527. The van der Waals surface area contributed by atoms with Gasteiger partial charge in [-0.15, -0.1) is 0 Å². The van der Waals surface area contributed by atoms with Gasteiger partial charge in [-0.1, -0.05) is 0 Å². The zero-order valence-corrected chi connectivity index (χ0v) is 11.4. The first-order chi connectivity index (χ1) is 8.85. The molecule has 0 radical (unpaired) electrons. The SMILES string of the molecule is CC(C)NC(=O)CNS(=O)(=O)c1cnc(NN)nc1. The Morgan fingerprint density at radius 3 is 2.42 bits per heavy atom. The molecule has 9 nitrogen and oxygen atoms in total. The third-order valence-electron chi connectivity index (χ3n) is 1.94.